The van der Waals surface area contributed by atoms with Crippen molar-refractivity contribution in [3.63, 3.8) is 0 Å². The standard InChI is InChI=1S/C4H4N.BrH.Mg/c1-2-4-5-3-1;;/h1-4H;1H;/q-1;;+2/p-1. The second-order valence-electron chi connectivity index (χ2n) is 0.832. The van der Waals surface area contributed by atoms with Gasteiger partial charge in [-0.05, 0) is 0 Å². The van der Waals surface area contributed by atoms with Crippen LogP contribution in [-0.2, 0) is 0 Å². The first kappa shape index (κ1) is 10.5. The van der Waals surface area contributed by atoms with E-state index >= 15 is 0 Å². The summed E-state index contributed by atoms with van der Waals surface area (Å²) < 4.78 is 0. The molecule has 0 saturated carbocycles. The summed E-state index contributed by atoms with van der Waals surface area (Å²) in [6.07, 6.45) is 3.50. The molecule has 0 radical (unpaired) electrons. The molecule has 0 aliphatic heterocycles. The predicted octanol–water partition coefficient (Wildman–Crippen LogP) is -2.73. The molecule has 0 atom stereocenters. The van der Waals surface area contributed by atoms with Gasteiger partial charge in [0, 0.05) is 0 Å². The maximum absolute atomic E-state index is 3.72. The van der Waals surface area contributed by atoms with E-state index in [4.69, 9.17) is 0 Å². The Morgan fingerprint density at radius 1 is 1.00 bits per heavy atom. The molecule has 1 aromatic rings. The second kappa shape index (κ2) is 6.53. The molecule has 0 saturated heterocycles. The zero-order valence-electron chi connectivity index (χ0n) is 3.84. The van der Waals surface area contributed by atoms with Crippen molar-refractivity contribution in [3.8, 4) is 0 Å². The van der Waals surface area contributed by atoms with E-state index in [1.807, 2.05) is 12.1 Å². The number of halogens is 1. The molecule has 0 amide bonds. The van der Waals surface area contributed by atoms with Gasteiger partial charge in [-0.1, -0.05) is 12.1 Å². The molecular formula is C4H4BrMgN. The maximum atomic E-state index is 3.72. The Morgan fingerprint density at radius 2 is 1.43 bits per heavy atom. The summed E-state index contributed by atoms with van der Waals surface area (Å²) in [5.41, 5.74) is 0. The van der Waals surface area contributed by atoms with Crippen molar-refractivity contribution in [1.82, 2.24) is 4.98 Å². The van der Waals surface area contributed by atoms with E-state index in [-0.39, 0.29) is 40.0 Å². The number of hydrogen-bond donors (Lipinski definition) is 0. The molecule has 1 rings (SSSR count). The van der Waals surface area contributed by atoms with Crippen molar-refractivity contribution >= 4 is 23.1 Å². The third kappa shape index (κ3) is 4.38. The summed E-state index contributed by atoms with van der Waals surface area (Å²) >= 11 is 0. The monoisotopic (exact) mass is 169 g/mol. The van der Waals surface area contributed by atoms with E-state index in [0.29, 0.717) is 0 Å². The van der Waals surface area contributed by atoms with Crippen LogP contribution in [0.4, 0.5) is 0 Å². The molecule has 0 aromatic carbocycles. The van der Waals surface area contributed by atoms with Crippen molar-refractivity contribution < 1.29 is 17.0 Å². The Balaban J connectivity index is 0. The van der Waals surface area contributed by atoms with Crippen LogP contribution in [0.15, 0.2) is 24.5 Å². The first-order chi connectivity index (χ1) is 2.50. The van der Waals surface area contributed by atoms with Crippen LogP contribution in [0.1, 0.15) is 0 Å². The minimum absolute atomic E-state index is 0. The number of rotatable bonds is 0. The topological polar surface area (TPSA) is 14.1 Å². The molecule has 0 fully saturated rings. The molecule has 1 nitrogen and oxygen atoms in total. The van der Waals surface area contributed by atoms with Crippen LogP contribution in [0.3, 0.4) is 0 Å². The summed E-state index contributed by atoms with van der Waals surface area (Å²) in [5.74, 6) is 0. The van der Waals surface area contributed by atoms with E-state index in [0.717, 1.165) is 0 Å². The molecule has 0 N–H and O–H groups in total. The molecule has 0 aliphatic rings. The quantitative estimate of drug-likeness (QED) is 0.386. The van der Waals surface area contributed by atoms with Gasteiger partial charge in [-0.25, -0.2) is 0 Å². The first-order valence-corrected chi connectivity index (χ1v) is 1.52. The zero-order valence-corrected chi connectivity index (χ0v) is 6.84. The van der Waals surface area contributed by atoms with E-state index in [1.165, 1.54) is 0 Å². The van der Waals surface area contributed by atoms with Gasteiger partial charge >= 0.3 is 23.1 Å². The van der Waals surface area contributed by atoms with Crippen LogP contribution in [0.5, 0.6) is 0 Å². The van der Waals surface area contributed by atoms with E-state index in [2.05, 4.69) is 4.98 Å². The number of aromatic nitrogens is 1. The molecule has 0 unspecified atom stereocenters. The van der Waals surface area contributed by atoms with Gasteiger partial charge in [0.25, 0.3) is 0 Å². The SMILES string of the molecule is [Br-].[Mg+2].c1cc[n-]c1. The molecule has 7 heavy (non-hydrogen) atoms. The van der Waals surface area contributed by atoms with Crippen LogP contribution >= 0.6 is 0 Å². The van der Waals surface area contributed by atoms with Crippen LogP contribution in [-0.4, -0.2) is 23.1 Å². The second-order valence-corrected chi connectivity index (χ2v) is 0.832. The molecule has 0 aliphatic carbocycles. The fraction of sp³-hybridized carbons (Fsp3) is 0. The summed E-state index contributed by atoms with van der Waals surface area (Å²) in [6, 6.07) is 3.78. The summed E-state index contributed by atoms with van der Waals surface area (Å²) in [5, 5.41) is 0. The summed E-state index contributed by atoms with van der Waals surface area (Å²) in [7, 11) is 0. The van der Waals surface area contributed by atoms with Crippen molar-refractivity contribution in [2.75, 3.05) is 0 Å². The average molecular weight is 170 g/mol. The van der Waals surface area contributed by atoms with Gasteiger partial charge in [-0.3, -0.25) is 0 Å². The first-order valence-electron chi connectivity index (χ1n) is 1.52. The third-order valence-electron chi connectivity index (χ3n) is 0.455. The van der Waals surface area contributed by atoms with E-state index < -0.39 is 0 Å². The Bertz CT molecular complexity index is 68.2. The minimum atomic E-state index is 0. The Morgan fingerprint density at radius 3 is 1.57 bits per heavy atom. The third-order valence-corrected chi connectivity index (χ3v) is 0.455. The normalized spacial score (nSPS) is 5.71. The molecule has 1 aromatic heterocycles. The Hall–Kier alpha value is 0.526. The van der Waals surface area contributed by atoms with Crippen LogP contribution in [0.2, 0.25) is 0 Å². The Kier molecular flexibility index (Phi) is 9.79. The molecule has 34 valence electrons. The van der Waals surface area contributed by atoms with Crippen LogP contribution in [0, 0.1) is 0 Å². The van der Waals surface area contributed by atoms with Crippen LogP contribution in [0.25, 0.3) is 0 Å². The van der Waals surface area contributed by atoms with Gasteiger partial charge in [0.05, 0.1) is 0 Å². The maximum Gasteiger partial charge on any atom is 2.00 e. The van der Waals surface area contributed by atoms with Gasteiger partial charge in [0.2, 0.25) is 0 Å². The van der Waals surface area contributed by atoms with Gasteiger partial charge in [0.15, 0.2) is 0 Å². The van der Waals surface area contributed by atoms with Gasteiger partial charge in [-0.2, -0.15) is 12.4 Å². The smallest absolute Gasteiger partial charge is 1.00 e. The summed E-state index contributed by atoms with van der Waals surface area (Å²) in [6.45, 7) is 0. The molecule has 3 heteroatoms. The van der Waals surface area contributed by atoms with Gasteiger partial charge in [0.1, 0.15) is 0 Å². The predicted molar refractivity (Wildman–Crippen MR) is 25.5 cm³/mol. The fourth-order valence-corrected chi connectivity index (χ4v) is 0.248. The summed E-state index contributed by atoms with van der Waals surface area (Å²) in [4.78, 5) is 3.72. The number of nitrogens with zero attached hydrogens (tertiary/aromatic N) is 1. The van der Waals surface area contributed by atoms with Gasteiger partial charge in [-0.15, -0.1) is 0 Å². The molecule has 1 heterocycles. The van der Waals surface area contributed by atoms with Crippen molar-refractivity contribution in [1.29, 1.82) is 0 Å². The van der Waals surface area contributed by atoms with Crippen molar-refractivity contribution in [3.05, 3.63) is 24.5 Å². The van der Waals surface area contributed by atoms with Crippen LogP contribution < -0.4 is 22.0 Å². The van der Waals surface area contributed by atoms with E-state index in [1.54, 1.807) is 12.4 Å². The Labute approximate surface area is 69.4 Å². The molecule has 0 bridgehead atoms. The van der Waals surface area contributed by atoms with E-state index in [9.17, 15) is 0 Å². The number of hydrogen-bond acceptors (Lipinski definition) is 0. The zero-order chi connectivity index (χ0) is 3.54. The van der Waals surface area contributed by atoms with Crippen molar-refractivity contribution in [2.45, 2.75) is 0 Å². The fourth-order valence-electron chi connectivity index (χ4n) is 0.248. The molecular weight excluding hydrogens is 166 g/mol. The molecule has 0 spiro atoms. The minimum Gasteiger partial charge on any atom is -1.00 e. The van der Waals surface area contributed by atoms with Crippen molar-refractivity contribution in [2.24, 2.45) is 0 Å². The van der Waals surface area contributed by atoms with Gasteiger partial charge < -0.3 is 22.0 Å². The largest absolute Gasteiger partial charge is 2.00 e. The average Bonchev–Trinajstić information content (AvgIpc) is 1.76.